The molecule has 2 aromatic rings. The van der Waals surface area contributed by atoms with E-state index in [0.717, 1.165) is 18.1 Å². The third-order valence-electron chi connectivity index (χ3n) is 2.75. The molecule has 0 radical (unpaired) electrons. The molecule has 0 atom stereocenters. The van der Waals surface area contributed by atoms with Crippen LogP contribution in [0.15, 0.2) is 46.8 Å². The Hall–Kier alpha value is -1.59. The molecular weight excluding hydrogens is 395 g/mol. The van der Waals surface area contributed by atoms with Gasteiger partial charge < -0.3 is 10.6 Å². The number of thiophene rings is 1. The van der Waals surface area contributed by atoms with Crippen molar-refractivity contribution in [3.8, 4) is 6.07 Å². The van der Waals surface area contributed by atoms with Gasteiger partial charge in [0.25, 0.3) is 0 Å². The molecule has 1 aromatic heterocycles. The first kappa shape index (κ1) is 17.5. The summed E-state index contributed by atoms with van der Waals surface area (Å²) < 4.78 is 0. The van der Waals surface area contributed by atoms with Gasteiger partial charge in [-0.3, -0.25) is 4.99 Å². The first-order chi connectivity index (χ1) is 9.81. The molecule has 1 aromatic carbocycles. The van der Waals surface area contributed by atoms with Crippen molar-refractivity contribution in [3.05, 3.63) is 57.8 Å². The average molecular weight is 412 g/mol. The zero-order chi connectivity index (χ0) is 14.2. The van der Waals surface area contributed by atoms with Crippen LogP contribution in [0.25, 0.3) is 0 Å². The molecule has 2 N–H and O–H groups in total. The maximum absolute atomic E-state index is 8.87. The average Bonchev–Trinajstić information content (AvgIpc) is 3.01. The van der Waals surface area contributed by atoms with Gasteiger partial charge >= 0.3 is 0 Å². The fourth-order valence-corrected chi connectivity index (χ4v) is 2.39. The molecule has 0 amide bonds. The SMILES string of the molecule is CN=C(NCc1cccc(C#N)c1)NCc1cccs1.I. The minimum absolute atomic E-state index is 0. The Bertz CT molecular complexity index is 617. The number of halogens is 1. The molecule has 0 saturated carbocycles. The Morgan fingerprint density at radius 2 is 2.05 bits per heavy atom. The summed E-state index contributed by atoms with van der Waals surface area (Å²) in [6, 6.07) is 13.8. The van der Waals surface area contributed by atoms with E-state index in [2.05, 4.69) is 33.1 Å². The zero-order valence-electron chi connectivity index (χ0n) is 11.7. The lowest BCUT2D eigenvalue weighted by Crippen LogP contribution is -2.36. The van der Waals surface area contributed by atoms with E-state index >= 15 is 0 Å². The van der Waals surface area contributed by atoms with Crippen LogP contribution >= 0.6 is 35.3 Å². The van der Waals surface area contributed by atoms with E-state index in [1.165, 1.54) is 4.88 Å². The fraction of sp³-hybridized carbons (Fsp3) is 0.200. The van der Waals surface area contributed by atoms with Crippen molar-refractivity contribution < 1.29 is 0 Å². The number of aliphatic imine (C=N–C) groups is 1. The van der Waals surface area contributed by atoms with Crippen LogP contribution < -0.4 is 10.6 Å². The molecule has 0 spiro atoms. The second kappa shape index (κ2) is 9.37. The van der Waals surface area contributed by atoms with Crippen LogP contribution in [0.2, 0.25) is 0 Å². The third kappa shape index (κ3) is 5.73. The Morgan fingerprint density at radius 3 is 2.71 bits per heavy atom. The lowest BCUT2D eigenvalue weighted by Gasteiger charge is -2.11. The van der Waals surface area contributed by atoms with Gasteiger partial charge in [0.05, 0.1) is 18.2 Å². The fourth-order valence-electron chi connectivity index (χ4n) is 1.74. The number of rotatable bonds is 4. The Labute approximate surface area is 145 Å². The van der Waals surface area contributed by atoms with E-state index in [1.807, 2.05) is 24.3 Å². The minimum Gasteiger partial charge on any atom is -0.352 e. The van der Waals surface area contributed by atoms with E-state index in [-0.39, 0.29) is 24.0 Å². The summed E-state index contributed by atoms with van der Waals surface area (Å²) in [5, 5.41) is 17.4. The second-order valence-electron chi connectivity index (χ2n) is 4.17. The quantitative estimate of drug-likeness (QED) is 0.461. The Morgan fingerprint density at radius 1 is 1.24 bits per heavy atom. The summed E-state index contributed by atoms with van der Waals surface area (Å²) in [6.45, 7) is 1.40. The monoisotopic (exact) mass is 412 g/mol. The number of nitrogens with zero attached hydrogens (tertiary/aromatic N) is 2. The van der Waals surface area contributed by atoms with Crippen molar-refractivity contribution in [3.63, 3.8) is 0 Å². The topological polar surface area (TPSA) is 60.2 Å². The van der Waals surface area contributed by atoms with Crippen molar-refractivity contribution in [1.29, 1.82) is 5.26 Å². The standard InChI is InChI=1S/C15H16N4S.HI/c1-17-15(19-11-14-6-3-7-20-14)18-10-13-5-2-4-12(8-13)9-16;/h2-8H,10-11H2,1H3,(H2,17,18,19);1H. The number of benzene rings is 1. The van der Waals surface area contributed by atoms with Crippen LogP contribution in [0.3, 0.4) is 0 Å². The van der Waals surface area contributed by atoms with Crippen LogP contribution in [0.1, 0.15) is 16.0 Å². The number of hydrogen-bond donors (Lipinski definition) is 2. The van der Waals surface area contributed by atoms with Gasteiger partial charge in [0.2, 0.25) is 0 Å². The van der Waals surface area contributed by atoms with Gasteiger partial charge in [-0.1, -0.05) is 18.2 Å². The maximum atomic E-state index is 8.87. The predicted molar refractivity (Wildman–Crippen MR) is 97.9 cm³/mol. The summed E-state index contributed by atoms with van der Waals surface area (Å²) in [6.07, 6.45) is 0. The van der Waals surface area contributed by atoms with Crippen LogP contribution in [0.5, 0.6) is 0 Å². The highest BCUT2D eigenvalue weighted by atomic mass is 127. The largest absolute Gasteiger partial charge is 0.352 e. The number of nitrogens with one attached hydrogen (secondary N) is 2. The predicted octanol–water partition coefficient (Wildman–Crippen LogP) is 3.10. The van der Waals surface area contributed by atoms with E-state index in [1.54, 1.807) is 24.5 Å². The lowest BCUT2D eigenvalue weighted by molar-refractivity contribution is 0.815. The maximum Gasteiger partial charge on any atom is 0.191 e. The highest BCUT2D eigenvalue weighted by Gasteiger charge is 2.00. The Balaban J connectivity index is 0.00000220. The van der Waals surface area contributed by atoms with Gasteiger partial charge in [0.15, 0.2) is 5.96 Å². The van der Waals surface area contributed by atoms with Crippen LogP contribution in [-0.4, -0.2) is 13.0 Å². The molecule has 0 bridgehead atoms. The van der Waals surface area contributed by atoms with Crippen molar-refractivity contribution in [2.45, 2.75) is 13.1 Å². The van der Waals surface area contributed by atoms with Crippen molar-refractivity contribution in [1.82, 2.24) is 10.6 Å². The highest BCUT2D eigenvalue weighted by molar-refractivity contribution is 14.0. The van der Waals surface area contributed by atoms with Gasteiger partial charge in [0, 0.05) is 18.5 Å². The highest BCUT2D eigenvalue weighted by Crippen LogP contribution is 2.07. The molecule has 4 nitrogen and oxygen atoms in total. The smallest absolute Gasteiger partial charge is 0.191 e. The van der Waals surface area contributed by atoms with Crippen molar-refractivity contribution in [2.24, 2.45) is 4.99 Å². The molecular formula is C15H17IN4S. The second-order valence-corrected chi connectivity index (χ2v) is 5.20. The van der Waals surface area contributed by atoms with Gasteiger partial charge in [-0.25, -0.2) is 0 Å². The minimum atomic E-state index is 0. The van der Waals surface area contributed by atoms with Crippen LogP contribution in [0.4, 0.5) is 0 Å². The molecule has 1 heterocycles. The molecule has 0 aliphatic heterocycles. The number of hydrogen-bond acceptors (Lipinski definition) is 3. The molecule has 110 valence electrons. The molecule has 0 aliphatic rings. The Kier molecular flexibility index (Phi) is 7.79. The van der Waals surface area contributed by atoms with E-state index in [0.29, 0.717) is 12.1 Å². The number of guanidine groups is 1. The molecule has 0 unspecified atom stereocenters. The van der Waals surface area contributed by atoms with Crippen molar-refractivity contribution in [2.75, 3.05) is 7.05 Å². The lowest BCUT2D eigenvalue weighted by atomic mass is 10.1. The first-order valence-electron chi connectivity index (χ1n) is 6.28. The van der Waals surface area contributed by atoms with E-state index in [4.69, 9.17) is 5.26 Å². The summed E-state index contributed by atoms with van der Waals surface area (Å²) in [7, 11) is 1.75. The normalized spacial score (nSPS) is 10.4. The molecule has 0 saturated heterocycles. The molecule has 2 rings (SSSR count). The summed E-state index contributed by atoms with van der Waals surface area (Å²) in [4.78, 5) is 5.44. The van der Waals surface area contributed by atoms with Gasteiger partial charge in [-0.05, 0) is 29.1 Å². The number of nitriles is 1. The van der Waals surface area contributed by atoms with E-state index in [9.17, 15) is 0 Å². The molecule has 0 aliphatic carbocycles. The van der Waals surface area contributed by atoms with Crippen molar-refractivity contribution >= 4 is 41.3 Å². The third-order valence-corrected chi connectivity index (χ3v) is 3.63. The summed E-state index contributed by atoms with van der Waals surface area (Å²) in [5.74, 6) is 0.751. The summed E-state index contributed by atoms with van der Waals surface area (Å²) >= 11 is 1.71. The molecule has 6 heteroatoms. The van der Waals surface area contributed by atoms with E-state index < -0.39 is 0 Å². The summed E-state index contributed by atoms with van der Waals surface area (Å²) in [5.41, 5.74) is 1.73. The first-order valence-corrected chi connectivity index (χ1v) is 7.15. The van der Waals surface area contributed by atoms with Gasteiger partial charge in [-0.15, -0.1) is 35.3 Å². The zero-order valence-corrected chi connectivity index (χ0v) is 14.8. The van der Waals surface area contributed by atoms with Crippen LogP contribution in [0, 0.1) is 11.3 Å². The van der Waals surface area contributed by atoms with Gasteiger partial charge in [-0.2, -0.15) is 5.26 Å². The molecule has 21 heavy (non-hydrogen) atoms. The molecule has 0 fully saturated rings. The van der Waals surface area contributed by atoms with Gasteiger partial charge in [0.1, 0.15) is 0 Å². The van der Waals surface area contributed by atoms with Crippen LogP contribution in [-0.2, 0) is 13.1 Å².